The van der Waals surface area contributed by atoms with E-state index in [9.17, 15) is 4.79 Å². The van der Waals surface area contributed by atoms with E-state index in [0.29, 0.717) is 12.1 Å². The zero-order valence-corrected chi connectivity index (χ0v) is 20.7. The van der Waals surface area contributed by atoms with Gasteiger partial charge in [-0.25, -0.2) is 0 Å². The average molecular weight is 462 g/mol. The Kier molecular flexibility index (Phi) is 8.68. The summed E-state index contributed by atoms with van der Waals surface area (Å²) in [5, 5.41) is 8.84. The second kappa shape index (κ2) is 11.9. The highest BCUT2D eigenvalue weighted by Gasteiger charge is 2.29. The van der Waals surface area contributed by atoms with E-state index >= 15 is 0 Å². The van der Waals surface area contributed by atoms with Crippen molar-refractivity contribution in [1.29, 1.82) is 0 Å². The van der Waals surface area contributed by atoms with Crippen LogP contribution in [0.25, 0.3) is 6.08 Å². The first-order chi connectivity index (χ1) is 16.5. The Morgan fingerprint density at radius 1 is 0.882 bits per heavy atom. The first-order valence-corrected chi connectivity index (χ1v) is 12.7. The lowest BCUT2D eigenvalue weighted by Crippen LogP contribution is -2.55. The van der Waals surface area contributed by atoms with Crippen LogP contribution in [0.15, 0.2) is 54.6 Å². The number of likely N-dealkylation sites (tertiary alicyclic amines) is 1. The minimum absolute atomic E-state index is 0.275. The number of carbonyl (C=O) groups excluding carboxylic acids is 1. The standard InChI is InChI=1S/C29H39N3O2/c1-23-17-31(20-28-7-5-6-27(16-28)19-30-14-3-4-15-30)18-24(2)32(23)21-26-10-8-25(9-11-26)12-13-29(34)22-33/h5-13,16,23-24,33H,3-4,14-15,17-22H2,1-2H3/b13-12+/t23-,24+. The van der Waals surface area contributed by atoms with Crippen LogP contribution in [0.1, 0.15) is 48.9 Å². The Bertz CT molecular complexity index is 954. The zero-order valence-electron chi connectivity index (χ0n) is 20.7. The SMILES string of the molecule is C[C@@H]1CN(Cc2cccc(CN3CCCC3)c2)C[C@H](C)N1Cc1ccc(/C=C/C(=O)CO)cc1. The molecule has 5 heteroatoms. The van der Waals surface area contributed by atoms with Crippen molar-refractivity contribution < 1.29 is 9.90 Å². The zero-order chi connectivity index (χ0) is 23.9. The summed E-state index contributed by atoms with van der Waals surface area (Å²) in [6, 6.07) is 18.5. The number of ketones is 1. The number of aliphatic hydroxyl groups excluding tert-OH is 1. The fourth-order valence-electron chi connectivity index (χ4n) is 5.38. The topological polar surface area (TPSA) is 47.0 Å². The Morgan fingerprint density at radius 3 is 2.12 bits per heavy atom. The molecule has 0 aromatic heterocycles. The van der Waals surface area contributed by atoms with Crippen LogP contribution in [0.3, 0.4) is 0 Å². The second-order valence-corrected chi connectivity index (χ2v) is 10.1. The Labute approximate surface area is 204 Å². The van der Waals surface area contributed by atoms with Crippen molar-refractivity contribution in [3.8, 4) is 0 Å². The second-order valence-electron chi connectivity index (χ2n) is 10.1. The van der Waals surface area contributed by atoms with Crippen LogP contribution in [-0.4, -0.2) is 70.5 Å². The molecule has 2 aliphatic heterocycles. The van der Waals surface area contributed by atoms with Crippen molar-refractivity contribution in [3.05, 3.63) is 76.9 Å². The summed E-state index contributed by atoms with van der Waals surface area (Å²) in [6.45, 7) is 11.9. The van der Waals surface area contributed by atoms with Gasteiger partial charge >= 0.3 is 0 Å². The number of aliphatic hydroxyl groups is 1. The molecule has 2 aromatic carbocycles. The number of benzene rings is 2. The molecule has 2 saturated heterocycles. The van der Waals surface area contributed by atoms with Gasteiger partial charge in [-0.2, -0.15) is 0 Å². The van der Waals surface area contributed by atoms with Crippen molar-refractivity contribution >= 4 is 11.9 Å². The van der Waals surface area contributed by atoms with Crippen LogP contribution >= 0.6 is 0 Å². The Morgan fingerprint density at radius 2 is 1.50 bits per heavy atom. The molecular weight excluding hydrogens is 422 g/mol. The molecule has 0 radical (unpaired) electrons. The molecule has 0 unspecified atom stereocenters. The maximum absolute atomic E-state index is 11.3. The van der Waals surface area contributed by atoms with Crippen LogP contribution in [0.4, 0.5) is 0 Å². The summed E-state index contributed by atoms with van der Waals surface area (Å²) in [7, 11) is 0. The van der Waals surface area contributed by atoms with Crippen LogP contribution in [0, 0.1) is 0 Å². The molecular formula is C29H39N3O2. The van der Waals surface area contributed by atoms with Gasteiger partial charge in [-0.05, 0) is 68.1 Å². The summed E-state index contributed by atoms with van der Waals surface area (Å²) in [4.78, 5) is 19.0. The first-order valence-electron chi connectivity index (χ1n) is 12.7. The molecule has 2 atom stereocenters. The van der Waals surface area contributed by atoms with Gasteiger partial charge in [0.05, 0.1) is 0 Å². The maximum atomic E-state index is 11.3. The van der Waals surface area contributed by atoms with Gasteiger partial charge in [-0.15, -0.1) is 0 Å². The highest BCUT2D eigenvalue weighted by atomic mass is 16.3. The van der Waals surface area contributed by atoms with Crippen molar-refractivity contribution in [2.45, 2.75) is 58.4 Å². The number of hydrogen-bond donors (Lipinski definition) is 1. The van der Waals surface area contributed by atoms with Crippen molar-refractivity contribution in [3.63, 3.8) is 0 Å². The van der Waals surface area contributed by atoms with Gasteiger partial charge in [-0.1, -0.05) is 54.6 Å². The van der Waals surface area contributed by atoms with Gasteiger partial charge in [0.1, 0.15) is 6.61 Å². The number of nitrogens with zero attached hydrogens (tertiary/aromatic N) is 3. The van der Waals surface area contributed by atoms with Gasteiger partial charge in [0, 0.05) is 44.8 Å². The lowest BCUT2D eigenvalue weighted by molar-refractivity contribution is -0.117. The van der Waals surface area contributed by atoms with Crippen LogP contribution in [0.2, 0.25) is 0 Å². The highest BCUT2D eigenvalue weighted by Crippen LogP contribution is 2.22. The summed E-state index contributed by atoms with van der Waals surface area (Å²) in [5.74, 6) is -0.275. The van der Waals surface area contributed by atoms with Crippen molar-refractivity contribution in [1.82, 2.24) is 14.7 Å². The molecule has 0 amide bonds. The molecule has 2 heterocycles. The van der Waals surface area contributed by atoms with Crippen LogP contribution < -0.4 is 0 Å². The van der Waals surface area contributed by atoms with Crippen molar-refractivity contribution in [2.75, 3.05) is 32.8 Å². The molecule has 34 heavy (non-hydrogen) atoms. The Balaban J connectivity index is 1.31. The largest absolute Gasteiger partial charge is 0.388 e. The van der Waals surface area contributed by atoms with E-state index in [1.165, 1.54) is 48.7 Å². The molecule has 5 nitrogen and oxygen atoms in total. The van der Waals surface area contributed by atoms with E-state index < -0.39 is 6.61 Å². The fraction of sp³-hybridized carbons (Fsp3) is 0.483. The first kappa shape index (κ1) is 24.8. The molecule has 0 bridgehead atoms. The van der Waals surface area contributed by atoms with Crippen LogP contribution in [-0.2, 0) is 24.4 Å². The summed E-state index contributed by atoms with van der Waals surface area (Å²) >= 11 is 0. The van der Waals surface area contributed by atoms with Gasteiger partial charge < -0.3 is 5.11 Å². The van der Waals surface area contributed by atoms with Crippen molar-refractivity contribution in [2.24, 2.45) is 0 Å². The molecule has 4 rings (SSSR count). The van der Waals surface area contributed by atoms with Gasteiger partial charge in [0.25, 0.3) is 0 Å². The number of hydrogen-bond acceptors (Lipinski definition) is 5. The van der Waals surface area contributed by atoms with Gasteiger partial charge in [0.2, 0.25) is 0 Å². The van der Waals surface area contributed by atoms with Gasteiger partial charge in [-0.3, -0.25) is 19.5 Å². The maximum Gasteiger partial charge on any atom is 0.181 e. The van der Waals surface area contributed by atoms with E-state index in [1.807, 2.05) is 12.1 Å². The third-order valence-corrected chi connectivity index (χ3v) is 7.14. The monoisotopic (exact) mass is 461 g/mol. The van der Waals surface area contributed by atoms with E-state index in [-0.39, 0.29) is 5.78 Å². The van der Waals surface area contributed by atoms with Crippen LogP contribution in [0.5, 0.6) is 0 Å². The summed E-state index contributed by atoms with van der Waals surface area (Å²) in [5.41, 5.74) is 5.13. The number of rotatable bonds is 9. The summed E-state index contributed by atoms with van der Waals surface area (Å²) in [6.07, 6.45) is 5.87. The molecule has 2 aromatic rings. The molecule has 0 saturated carbocycles. The average Bonchev–Trinajstić information content (AvgIpc) is 3.34. The normalized spacial score (nSPS) is 22.6. The predicted molar refractivity (Wildman–Crippen MR) is 138 cm³/mol. The number of piperazine rings is 1. The summed E-state index contributed by atoms with van der Waals surface area (Å²) < 4.78 is 0. The quantitative estimate of drug-likeness (QED) is 0.573. The third-order valence-electron chi connectivity index (χ3n) is 7.14. The van der Waals surface area contributed by atoms with E-state index in [0.717, 1.165) is 38.3 Å². The lowest BCUT2D eigenvalue weighted by Gasteiger charge is -2.44. The molecule has 2 fully saturated rings. The lowest BCUT2D eigenvalue weighted by atomic mass is 10.0. The van der Waals surface area contributed by atoms with E-state index in [2.05, 4.69) is 64.9 Å². The smallest absolute Gasteiger partial charge is 0.181 e. The minimum atomic E-state index is -0.444. The highest BCUT2D eigenvalue weighted by molar-refractivity contribution is 5.94. The Hall–Kier alpha value is -2.31. The molecule has 2 aliphatic rings. The third kappa shape index (κ3) is 6.86. The molecule has 182 valence electrons. The van der Waals surface area contributed by atoms with E-state index in [1.54, 1.807) is 6.08 Å². The minimum Gasteiger partial charge on any atom is -0.388 e. The number of carbonyl (C=O) groups is 1. The van der Waals surface area contributed by atoms with Gasteiger partial charge in [0.15, 0.2) is 5.78 Å². The molecule has 0 aliphatic carbocycles. The molecule has 0 spiro atoms. The predicted octanol–water partition coefficient (Wildman–Crippen LogP) is 3.95. The fourth-order valence-corrected chi connectivity index (χ4v) is 5.38. The molecule has 1 N–H and O–H groups in total. The van der Waals surface area contributed by atoms with E-state index in [4.69, 9.17) is 5.11 Å².